The Morgan fingerprint density at radius 1 is 0.608 bits per heavy atom. The van der Waals surface area contributed by atoms with Gasteiger partial charge in [-0.2, -0.15) is 0 Å². The second kappa shape index (κ2) is 16.5. The summed E-state index contributed by atoms with van der Waals surface area (Å²) in [5.41, 5.74) is 1.31. The number of rotatable bonds is 12. The molecular weight excluding hydrogens is 682 g/mol. The lowest BCUT2D eigenvalue weighted by Crippen LogP contribution is -2.66. The van der Waals surface area contributed by atoms with E-state index in [-0.39, 0.29) is 13.2 Å². The summed E-state index contributed by atoms with van der Waals surface area (Å²) in [5.74, 6) is 0. The molecule has 4 heterocycles. The molecule has 15 atom stereocenters. The van der Waals surface area contributed by atoms with Crippen molar-refractivity contribution in [1.29, 1.82) is 0 Å². The average Bonchev–Trinajstić information content (AvgIpc) is 3.61. The minimum Gasteiger partial charge on any atom is -0.394 e. The molecule has 0 bridgehead atoms. The van der Waals surface area contributed by atoms with E-state index in [2.05, 4.69) is 10.3 Å². The molecule has 19 nitrogen and oxygen atoms in total. The van der Waals surface area contributed by atoms with Gasteiger partial charge in [-0.25, -0.2) is 4.68 Å². The fourth-order valence-corrected chi connectivity index (χ4v) is 6.37. The van der Waals surface area contributed by atoms with E-state index in [0.29, 0.717) is 5.69 Å². The first kappa shape index (κ1) is 37.9. The molecule has 3 aromatic rings. The van der Waals surface area contributed by atoms with Crippen LogP contribution < -0.4 is 0 Å². The van der Waals surface area contributed by atoms with E-state index in [0.717, 1.165) is 21.0 Å². The Morgan fingerprint density at radius 2 is 1.20 bits per heavy atom. The Morgan fingerprint density at radius 3 is 1.86 bits per heavy atom. The van der Waals surface area contributed by atoms with E-state index in [1.807, 2.05) is 42.5 Å². The topological polar surface area (TPSA) is 288 Å². The third kappa shape index (κ3) is 7.94. The molecular formula is C32H43N3O16. The summed E-state index contributed by atoms with van der Waals surface area (Å²) in [5, 5.41) is 115. The van der Waals surface area contributed by atoms with Gasteiger partial charge in [-0.3, -0.25) is 0 Å². The van der Waals surface area contributed by atoms with Crippen LogP contribution in [0.1, 0.15) is 17.5 Å². The third-order valence-electron chi connectivity index (χ3n) is 9.24. The lowest BCUT2D eigenvalue weighted by Gasteiger charge is -2.48. The van der Waals surface area contributed by atoms with E-state index in [1.165, 1.54) is 6.20 Å². The van der Waals surface area contributed by atoms with Crippen LogP contribution in [-0.2, 0) is 41.6 Å². The maximum absolute atomic E-state index is 11.3. The van der Waals surface area contributed by atoms with Gasteiger partial charge in [0.1, 0.15) is 78.9 Å². The summed E-state index contributed by atoms with van der Waals surface area (Å²) in [6.07, 6.45) is -23.7. The van der Waals surface area contributed by atoms with Crippen molar-refractivity contribution in [3.05, 3.63) is 59.9 Å². The Labute approximate surface area is 290 Å². The van der Waals surface area contributed by atoms with Gasteiger partial charge in [-0.15, -0.1) is 5.10 Å². The Bertz CT molecular complexity index is 1570. The average molecular weight is 726 g/mol. The number of hydrogen-bond acceptors (Lipinski definition) is 18. The summed E-state index contributed by atoms with van der Waals surface area (Å²) >= 11 is 0. The van der Waals surface area contributed by atoms with E-state index >= 15 is 0 Å². The first-order valence-corrected chi connectivity index (χ1v) is 16.4. The van der Waals surface area contributed by atoms with Crippen LogP contribution in [0.4, 0.5) is 0 Å². The monoisotopic (exact) mass is 725 g/mol. The maximum Gasteiger partial charge on any atom is 0.187 e. The first-order chi connectivity index (χ1) is 24.5. The molecule has 0 unspecified atom stereocenters. The predicted molar refractivity (Wildman–Crippen MR) is 167 cm³/mol. The molecule has 0 radical (unpaired) electrons. The SMILES string of the molecule is OC[C@H]1O[C@@H](O[C@@H]2[C@@H](O)[C@H](O[C@@H]3[C@@H](O)[C@H](n4cc(COCc5ccc6ccccc6c5)nn4)O[C@H](CO)[C@H]3O)O[C@H](CO)[C@H]2O)[C@H](O)[C@@H](O)[C@@H]1O. The van der Waals surface area contributed by atoms with Crippen molar-refractivity contribution in [2.24, 2.45) is 0 Å². The van der Waals surface area contributed by atoms with Crippen molar-refractivity contribution < 1.29 is 79.5 Å². The van der Waals surface area contributed by atoms with Gasteiger partial charge in [0.2, 0.25) is 0 Å². The zero-order chi connectivity index (χ0) is 36.4. The van der Waals surface area contributed by atoms with Gasteiger partial charge in [0.25, 0.3) is 0 Å². The zero-order valence-electron chi connectivity index (χ0n) is 27.1. The largest absolute Gasteiger partial charge is 0.394 e. The van der Waals surface area contributed by atoms with Crippen LogP contribution in [0.5, 0.6) is 0 Å². The smallest absolute Gasteiger partial charge is 0.187 e. The van der Waals surface area contributed by atoms with Gasteiger partial charge in [0.05, 0.1) is 39.2 Å². The minimum atomic E-state index is -1.94. The quantitative estimate of drug-likeness (QED) is 0.0846. The highest BCUT2D eigenvalue weighted by Gasteiger charge is 2.54. The molecule has 1 aromatic heterocycles. The summed E-state index contributed by atoms with van der Waals surface area (Å²) in [4.78, 5) is 0. The van der Waals surface area contributed by atoms with E-state index < -0.39 is 112 Å². The van der Waals surface area contributed by atoms with Gasteiger partial charge < -0.3 is 79.5 Å². The fourth-order valence-electron chi connectivity index (χ4n) is 6.37. The molecule has 3 aliphatic rings. The highest BCUT2D eigenvalue weighted by molar-refractivity contribution is 5.82. The van der Waals surface area contributed by atoms with Crippen molar-refractivity contribution in [3.63, 3.8) is 0 Å². The standard InChI is InChI=1S/C32H43N3O16/c36-9-18-21(39)24(42)25(43)31(48-18)51-29-23(41)20(11-38)49-32(27(29)45)50-28-22(40)19(10-37)47-30(26(28)44)35-8-17(33-34-35)13-46-12-14-5-6-15-3-1-2-4-16(15)7-14/h1-8,18-32,36-45H,9-13H2/t18-,19-,20-,21-,22-,23-,24+,25-,26-,27-,28+,29+,30-,31+,32+/m1/s1. The van der Waals surface area contributed by atoms with Crippen molar-refractivity contribution in [1.82, 2.24) is 15.0 Å². The Kier molecular flexibility index (Phi) is 12.3. The predicted octanol–water partition coefficient (Wildman–Crippen LogP) is -4.23. The van der Waals surface area contributed by atoms with Crippen molar-refractivity contribution in [2.75, 3.05) is 19.8 Å². The molecule has 0 amide bonds. The first-order valence-electron chi connectivity index (χ1n) is 16.4. The summed E-state index contributed by atoms with van der Waals surface area (Å²) in [6.45, 7) is -2.00. The lowest BCUT2D eigenvalue weighted by atomic mass is 9.95. The highest BCUT2D eigenvalue weighted by Crippen LogP contribution is 2.34. The van der Waals surface area contributed by atoms with Crippen molar-refractivity contribution in [3.8, 4) is 0 Å². The number of aliphatic hydroxyl groups excluding tert-OH is 10. The minimum absolute atomic E-state index is 0.0461. The van der Waals surface area contributed by atoms with Crippen LogP contribution in [0.3, 0.4) is 0 Å². The van der Waals surface area contributed by atoms with Crippen LogP contribution in [-0.4, -0.2) is 172 Å². The molecule has 0 spiro atoms. The molecule has 282 valence electrons. The number of fused-ring (bicyclic) bond motifs is 1. The molecule has 2 aromatic carbocycles. The molecule has 0 saturated carbocycles. The molecule has 10 N–H and O–H groups in total. The van der Waals surface area contributed by atoms with Gasteiger partial charge in [0, 0.05) is 0 Å². The van der Waals surface area contributed by atoms with Crippen LogP contribution >= 0.6 is 0 Å². The Balaban J connectivity index is 1.13. The van der Waals surface area contributed by atoms with E-state index in [1.54, 1.807) is 0 Å². The van der Waals surface area contributed by atoms with Gasteiger partial charge in [0.15, 0.2) is 18.8 Å². The molecule has 3 saturated heterocycles. The molecule has 19 heteroatoms. The van der Waals surface area contributed by atoms with E-state index in [9.17, 15) is 51.1 Å². The molecule has 51 heavy (non-hydrogen) atoms. The van der Waals surface area contributed by atoms with Crippen LogP contribution in [0, 0.1) is 0 Å². The molecule has 6 rings (SSSR count). The highest BCUT2D eigenvalue weighted by atomic mass is 16.7. The maximum atomic E-state index is 11.3. The number of benzene rings is 2. The summed E-state index contributed by atoms with van der Waals surface area (Å²) in [6, 6.07) is 13.9. The second-order valence-electron chi connectivity index (χ2n) is 12.7. The number of ether oxygens (including phenoxy) is 6. The zero-order valence-corrected chi connectivity index (χ0v) is 27.1. The third-order valence-corrected chi connectivity index (χ3v) is 9.24. The molecule has 3 aliphatic heterocycles. The lowest BCUT2D eigenvalue weighted by molar-refractivity contribution is -0.376. The van der Waals surface area contributed by atoms with Gasteiger partial charge in [-0.05, 0) is 22.4 Å². The van der Waals surface area contributed by atoms with E-state index in [4.69, 9.17) is 28.4 Å². The van der Waals surface area contributed by atoms with Crippen LogP contribution in [0.15, 0.2) is 48.7 Å². The fraction of sp³-hybridized carbons (Fsp3) is 0.625. The van der Waals surface area contributed by atoms with Crippen molar-refractivity contribution >= 4 is 10.8 Å². The molecule has 3 fully saturated rings. The number of aromatic nitrogens is 3. The summed E-state index contributed by atoms with van der Waals surface area (Å²) in [7, 11) is 0. The van der Waals surface area contributed by atoms with Gasteiger partial charge >= 0.3 is 0 Å². The van der Waals surface area contributed by atoms with Crippen LogP contribution in [0.2, 0.25) is 0 Å². The molecule has 0 aliphatic carbocycles. The normalized spacial score (nSPS) is 39.0. The second-order valence-corrected chi connectivity index (χ2v) is 12.7. The number of hydrogen-bond donors (Lipinski definition) is 10. The summed E-state index contributed by atoms with van der Waals surface area (Å²) < 4.78 is 35.0. The number of aliphatic hydroxyl groups is 10. The van der Waals surface area contributed by atoms with Crippen LogP contribution in [0.25, 0.3) is 10.8 Å². The van der Waals surface area contributed by atoms with Crippen molar-refractivity contribution in [2.45, 2.75) is 105 Å². The number of nitrogens with zero attached hydrogens (tertiary/aromatic N) is 3. The van der Waals surface area contributed by atoms with Gasteiger partial charge in [-0.1, -0.05) is 41.6 Å². The Hall–Kier alpha value is -2.80.